The molecule has 1 aromatic carbocycles. The maximum absolute atomic E-state index is 12.6. The second kappa shape index (κ2) is 6.60. The van der Waals surface area contributed by atoms with Crippen LogP contribution in [-0.4, -0.2) is 30.9 Å². The van der Waals surface area contributed by atoms with Crippen molar-refractivity contribution in [2.75, 3.05) is 0 Å². The highest BCUT2D eigenvalue weighted by Crippen LogP contribution is 2.13. The van der Waals surface area contributed by atoms with E-state index in [9.17, 15) is 9.59 Å². The predicted molar refractivity (Wildman–Crippen MR) is 94.9 cm³/mol. The van der Waals surface area contributed by atoms with Gasteiger partial charge in [0.15, 0.2) is 11.5 Å². The van der Waals surface area contributed by atoms with E-state index in [0.717, 1.165) is 5.56 Å². The van der Waals surface area contributed by atoms with Crippen LogP contribution in [0.4, 0.5) is 0 Å². The zero-order chi connectivity index (χ0) is 17.9. The van der Waals surface area contributed by atoms with Crippen molar-refractivity contribution >= 4 is 16.7 Å². The lowest BCUT2D eigenvalue weighted by atomic mass is 10.1. The van der Waals surface area contributed by atoms with Crippen molar-refractivity contribution in [2.45, 2.75) is 6.54 Å². The Kier molecular flexibility index (Phi) is 3.98. The molecule has 8 heteroatoms. The Morgan fingerprint density at radius 2 is 1.92 bits per heavy atom. The van der Waals surface area contributed by atoms with Crippen LogP contribution in [0.5, 0.6) is 0 Å². The van der Waals surface area contributed by atoms with Gasteiger partial charge in [-0.05, 0) is 18.2 Å². The van der Waals surface area contributed by atoms with E-state index in [1.54, 1.807) is 59.7 Å². The fraction of sp³-hybridized carbons (Fsp3) is 0.0556. The number of benzene rings is 1. The zero-order valence-corrected chi connectivity index (χ0v) is 13.6. The molecule has 3 aromatic heterocycles. The van der Waals surface area contributed by atoms with Gasteiger partial charge < -0.3 is 5.32 Å². The second-order valence-electron chi connectivity index (χ2n) is 5.57. The molecule has 0 radical (unpaired) electrons. The van der Waals surface area contributed by atoms with E-state index in [0.29, 0.717) is 16.6 Å². The molecule has 2 N–H and O–H groups in total. The fourth-order valence-corrected chi connectivity index (χ4v) is 2.72. The molecule has 3 heterocycles. The summed E-state index contributed by atoms with van der Waals surface area (Å²) in [6.07, 6.45) is 5.11. The monoisotopic (exact) mass is 346 g/mol. The van der Waals surface area contributed by atoms with Gasteiger partial charge in [-0.15, -0.1) is 0 Å². The highest BCUT2D eigenvalue weighted by atomic mass is 16.2. The SMILES string of the molecule is O=C(NCc1cccnc1-n1cccn1)c1n[nH]c(=O)c2ccccc12. The number of H-pyrrole nitrogens is 1. The molecule has 4 aromatic rings. The summed E-state index contributed by atoms with van der Waals surface area (Å²) in [6.45, 7) is 0.247. The normalized spacial score (nSPS) is 10.8. The van der Waals surface area contributed by atoms with Crippen molar-refractivity contribution in [3.63, 3.8) is 0 Å². The quantitative estimate of drug-likeness (QED) is 0.581. The van der Waals surface area contributed by atoms with Gasteiger partial charge in [0, 0.05) is 36.1 Å². The Bertz CT molecular complexity index is 1130. The molecular formula is C18H14N6O2. The molecule has 0 bridgehead atoms. The van der Waals surface area contributed by atoms with E-state index >= 15 is 0 Å². The third-order valence-electron chi connectivity index (χ3n) is 3.94. The molecule has 0 aliphatic carbocycles. The van der Waals surface area contributed by atoms with Crippen LogP contribution in [0, 0.1) is 0 Å². The summed E-state index contributed by atoms with van der Waals surface area (Å²) < 4.78 is 1.63. The smallest absolute Gasteiger partial charge is 0.272 e. The Morgan fingerprint density at radius 1 is 1.08 bits per heavy atom. The van der Waals surface area contributed by atoms with Crippen LogP contribution in [0.2, 0.25) is 0 Å². The maximum atomic E-state index is 12.6. The first kappa shape index (κ1) is 15.7. The van der Waals surface area contributed by atoms with Gasteiger partial charge in [-0.1, -0.05) is 24.3 Å². The van der Waals surface area contributed by atoms with Gasteiger partial charge in [0.05, 0.1) is 5.39 Å². The minimum atomic E-state index is -0.382. The molecule has 0 unspecified atom stereocenters. The van der Waals surface area contributed by atoms with Crippen molar-refractivity contribution in [1.82, 2.24) is 30.3 Å². The minimum absolute atomic E-state index is 0.171. The van der Waals surface area contributed by atoms with E-state index in [1.807, 2.05) is 6.07 Å². The second-order valence-corrected chi connectivity index (χ2v) is 5.57. The van der Waals surface area contributed by atoms with Crippen molar-refractivity contribution in [3.05, 3.63) is 82.7 Å². The number of carbonyl (C=O) groups excluding carboxylic acids is 1. The van der Waals surface area contributed by atoms with E-state index < -0.39 is 0 Å². The van der Waals surface area contributed by atoms with Crippen LogP contribution in [0.15, 0.2) is 65.8 Å². The third-order valence-corrected chi connectivity index (χ3v) is 3.94. The molecule has 0 aliphatic heterocycles. The number of rotatable bonds is 4. The number of hydrogen-bond donors (Lipinski definition) is 2. The first-order valence-electron chi connectivity index (χ1n) is 7.93. The summed E-state index contributed by atoms with van der Waals surface area (Å²) >= 11 is 0. The predicted octanol–water partition coefficient (Wildman–Crippen LogP) is 1.43. The lowest BCUT2D eigenvalue weighted by molar-refractivity contribution is 0.0946. The summed E-state index contributed by atoms with van der Waals surface area (Å²) in [5.41, 5.74) is 0.647. The molecule has 0 fully saturated rings. The molecular weight excluding hydrogens is 332 g/mol. The summed E-state index contributed by atoms with van der Waals surface area (Å²) in [4.78, 5) is 28.8. The summed E-state index contributed by atoms with van der Waals surface area (Å²) in [6, 6.07) is 12.3. The average molecular weight is 346 g/mol. The van der Waals surface area contributed by atoms with Crippen LogP contribution in [0.25, 0.3) is 16.6 Å². The summed E-state index contributed by atoms with van der Waals surface area (Å²) in [7, 11) is 0. The third kappa shape index (κ3) is 2.84. The average Bonchev–Trinajstić information content (AvgIpc) is 3.21. The van der Waals surface area contributed by atoms with E-state index in [-0.39, 0.29) is 23.7 Å². The Hall–Kier alpha value is -3.81. The molecule has 0 atom stereocenters. The van der Waals surface area contributed by atoms with Crippen LogP contribution < -0.4 is 10.9 Å². The molecule has 0 aliphatic rings. The minimum Gasteiger partial charge on any atom is -0.346 e. The van der Waals surface area contributed by atoms with Crippen molar-refractivity contribution < 1.29 is 4.79 Å². The van der Waals surface area contributed by atoms with Crippen LogP contribution in [0.3, 0.4) is 0 Å². The number of aromatic amines is 1. The standard InChI is InChI=1S/C18H14N6O2/c25-17-14-7-2-1-6-13(14)15(22-23-17)18(26)20-11-12-5-3-8-19-16(12)24-10-4-9-21-24/h1-10H,11H2,(H,20,26)(H,23,25). The number of carbonyl (C=O) groups is 1. The van der Waals surface area contributed by atoms with Gasteiger partial charge in [0.2, 0.25) is 0 Å². The fourth-order valence-electron chi connectivity index (χ4n) is 2.72. The Morgan fingerprint density at radius 3 is 2.73 bits per heavy atom. The molecule has 0 saturated carbocycles. The zero-order valence-electron chi connectivity index (χ0n) is 13.6. The number of amides is 1. The molecule has 26 heavy (non-hydrogen) atoms. The van der Waals surface area contributed by atoms with Gasteiger partial charge in [0.25, 0.3) is 11.5 Å². The number of pyridine rings is 1. The van der Waals surface area contributed by atoms with E-state index in [4.69, 9.17) is 0 Å². The lowest BCUT2D eigenvalue weighted by Gasteiger charge is -2.10. The topological polar surface area (TPSA) is 106 Å². The Labute approximate surface area is 147 Å². The lowest BCUT2D eigenvalue weighted by Crippen LogP contribution is -2.26. The summed E-state index contributed by atoms with van der Waals surface area (Å²) in [5, 5.41) is 14.2. The van der Waals surface area contributed by atoms with Gasteiger partial charge in [0.1, 0.15) is 0 Å². The number of nitrogens with zero attached hydrogens (tertiary/aromatic N) is 4. The van der Waals surface area contributed by atoms with Crippen LogP contribution in [-0.2, 0) is 6.54 Å². The molecule has 0 saturated heterocycles. The molecule has 128 valence electrons. The van der Waals surface area contributed by atoms with Crippen LogP contribution >= 0.6 is 0 Å². The molecule has 4 rings (SSSR count). The van der Waals surface area contributed by atoms with Gasteiger partial charge in [-0.3, -0.25) is 9.59 Å². The number of hydrogen-bond acceptors (Lipinski definition) is 5. The Balaban J connectivity index is 1.62. The summed E-state index contributed by atoms with van der Waals surface area (Å²) in [5.74, 6) is 0.254. The highest BCUT2D eigenvalue weighted by molar-refractivity contribution is 6.04. The van der Waals surface area contributed by atoms with Gasteiger partial charge >= 0.3 is 0 Å². The first-order chi connectivity index (χ1) is 12.7. The molecule has 0 spiro atoms. The van der Waals surface area contributed by atoms with Gasteiger partial charge in [-0.2, -0.15) is 10.2 Å². The van der Waals surface area contributed by atoms with Gasteiger partial charge in [-0.25, -0.2) is 14.8 Å². The number of aromatic nitrogens is 5. The van der Waals surface area contributed by atoms with E-state index in [2.05, 4.69) is 25.6 Å². The molecule has 8 nitrogen and oxygen atoms in total. The first-order valence-corrected chi connectivity index (χ1v) is 7.93. The maximum Gasteiger partial charge on any atom is 0.272 e. The number of nitrogens with one attached hydrogen (secondary N) is 2. The largest absolute Gasteiger partial charge is 0.346 e. The highest BCUT2D eigenvalue weighted by Gasteiger charge is 2.15. The van der Waals surface area contributed by atoms with Crippen LogP contribution in [0.1, 0.15) is 16.1 Å². The van der Waals surface area contributed by atoms with Crippen molar-refractivity contribution in [2.24, 2.45) is 0 Å². The number of fused-ring (bicyclic) bond motifs is 1. The molecule has 1 amide bonds. The van der Waals surface area contributed by atoms with Crippen molar-refractivity contribution in [1.29, 1.82) is 0 Å². The van der Waals surface area contributed by atoms with E-state index in [1.165, 1.54) is 0 Å². The van der Waals surface area contributed by atoms with Crippen molar-refractivity contribution in [3.8, 4) is 5.82 Å².